The molecule has 1 atom stereocenters. The Bertz CT molecular complexity index is 1440. The van der Waals surface area contributed by atoms with Gasteiger partial charge >= 0.3 is 6.09 Å². The third-order valence-electron chi connectivity index (χ3n) is 6.27. The number of para-hydroxylation sites is 2. The van der Waals surface area contributed by atoms with E-state index >= 15 is 0 Å². The van der Waals surface area contributed by atoms with Gasteiger partial charge in [-0.3, -0.25) is 9.48 Å². The van der Waals surface area contributed by atoms with Crippen LogP contribution < -0.4 is 20.5 Å². The third kappa shape index (κ3) is 5.75. The van der Waals surface area contributed by atoms with Crippen molar-refractivity contribution in [1.82, 2.24) is 25.0 Å². The summed E-state index contributed by atoms with van der Waals surface area (Å²) in [5.74, 6) is 0.606. The van der Waals surface area contributed by atoms with E-state index in [-0.39, 0.29) is 23.3 Å². The molecule has 194 valence electrons. The van der Waals surface area contributed by atoms with Gasteiger partial charge < -0.3 is 25.4 Å². The van der Waals surface area contributed by atoms with E-state index in [0.29, 0.717) is 37.6 Å². The van der Waals surface area contributed by atoms with Crippen molar-refractivity contribution in [2.45, 2.75) is 19.1 Å². The first-order chi connectivity index (χ1) is 18.5. The van der Waals surface area contributed by atoms with Crippen molar-refractivity contribution in [2.75, 3.05) is 18.8 Å². The van der Waals surface area contributed by atoms with Gasteiger partial charge in [-0.1, -0.05) is 42.5 Å². The van der Waals surface area contributed by atoms with Gasteiger partial charge in [-0.15, -0.1) is 0 Å². The fourth-order valence-corrected chi connectivity index (χ4v) is 4.24. The Morgan fingerprint density at radius 1 is 1.05 bits per heavy atom. The number of nitrogens with zero attached hydrogens (tertiary/aromatic N) is 4. The van der Waals surface area contributed by atoms with E-state index in [4.69, 9.17) is 15.2 Å². The molecule has 0 aliphatic carbocycles. The van der Waals surface area contributed by atoms with Crippen molar-refractivity contribution < 1.29 is 19.1 Å². The maximum Gasteiger partial charge on any atom is 0.415 e. The number of nitrogens with one attached hydrogen (secondary N) is 1. The van der Waals surface area contributed by atoms with Crippen molar-refractivity contribution >= 4 is 17.8 Å². The summed E-state index contributed by atoms with van der Waals surface area (Å²) in [5, 5.41) is 7.12. The first-order valence-electron chi connectivity index (χ1n) is 12.2. The summed E-state index contributed by atoms with van der Waals surface area (Å²) in [6.07, 6.45) is 5.22. The number of likely N-dealkylation sites (tertiary alicyclic amines) is 1. The van der Waals surface area contributed by atoms with Crippen LogP contribution in [0, 0.1) is 0 Å². The van der Waals surface area contributed by atoms with Crippen LogP contribution in [-0.4, -0.2) is 50.8 Å². The van der Waals surface area contributed by atoms with E-state index < -0.39 is 6.09 Å². The van der Waals surface area contributed by atoms with E-state index in [1.165, 1.54) is 0 Å². The number of benzene rings is 2. The zero-order valence-corrected chi connectivity index (χ0v) is 20.9. The largest absolute Gasteiger partial charge is 0.485 e. The first kappa shape index (κ1) is 24.8. The molecular formula is C28H28N6O4. The second-order valence-electron chi connectivity index (χ2n) is 9.05. The van der Waals surface area contributed by atoms with Gasteiger partial charge in [0.25, 0.3) is 5.91 Å². The Balaban J connectivity index is 1.18. The number of anilines is 1. The fourth-order valence-electron chi connectivity index (χ4n) is 4.24. The second kappa shape index (κ2) is 11.0. The monoisotopic (exact) mass is 512 g/mol. The van der Waals surface area contributed by atoms with Crippen molar-refractivity contribution in [1.29, 1.82) is 0 Å². The molecule has 3 heterocycles. The van der Waals surface area contributed by atoms with Crippen molar-refractivity contribution in [3.8, 4) is 22.6 Å². The minimum Gasteiger partial charge on any atom is -0.485 e. The standard InChI is InChI=1S/C28H28N6O4/c1-33-16-21(15-31-33)20-13-23(26(29)30-14-20)27(35)32-22-11-12-34(17-22)28(36)38-25-10-6-5-9-24(25)37-18-19-7-3-2-4-8-19/h2-10,13-16,22H,11-12,17-18H2,1H3,(H2,29,30)(H,32,35)/t22-/m1/s1. The van der Waals surface area contributed by atoms with Crippen LogP contribution in [-0.2, 0) is 13.7 Å². The summed E-state index contributed by atoms with van der Waals surface area (Å²) >= 11 is 0. The number of ether oxygens (including phenoxy) is 2. The SMILES string of the molecule is Cn1cc(-c2cnc(N)c(C(=O)N[C@@H]3CCN(C(=O)Oc4ccccc4OCc4ccccc4)C3)c2)cn1. The van der Waals surface area contributed by atoms with Crippen LogP contribution in [0.25, 0.3) is 11.1 Å². The molecule has 1 saturated heterocycles. The van der Waals surface area contributed by atoms with E-state index in [1.807, 2.05) is 49.6 Å². The summed E-state index contributed by atoms with van der Waals surface area (Å²) in [5.41, 5.74) is 8.85. The molecule has 3 N–H and O–H groups in total. The molecule has 2 amide bonds. The predicted molar refractivity (Wildman–Crippen MR) is 142 cm³/mol. The Morgan fingerprint density at radius 3 is 2.58 bits per heavy atom. The molecule has 1 aliphatic rings. The number of pyridine rings is 1. The lowest BCUT2D eigenvalue weighted by atomic mass is 10.1. The summed E-state index contributed by atoms with van der Waals surface area (Å²) in [6.45, 7) is 1.11. The Hall–Kier alpha value is -4.86. The molecule has 2 aromatic heterocycles. The number of nitrogen functional groups attached to an aromatic ring is 1. The number of aryl methyl sites for hydroxylation is 1. The topological polar surface area (TPSA) is 125 Å². The van der Waals surface area contributed by atoms with E-state index in [9.17, 15) is 9.59 Å². The minimum atomic E-state index is -0.503. The van der Waals surface area contributed by atoms with Gasteiger partial charge in [-0.05, 0) is 30.2 Å². The number of aromatic nitrogens is 3. The van der Waals surface area contributed by atoms with Crippen LogP contribution >= 0.6 is 0 Å². The lowest BCUT2D eigenvalue weighted by molar-refractivity contribution is 0.0937. The van der Waals surface area contributed by atoms with Crippen LogP contribution in [0.15, 0.2) is 79.3 Å². The average Bonchev–Trinajstić information content (AvgIpc) is 3.58. The molecule has 4 aromatic rings. The number of rotatable bonds is 7. The molecule has 5 rings (SSSR count). The summed E-state index contributed by atoms with van der Waals surface area (Å²) in [7, 11) is 1.81. The smallest absolute Gasteiger partial charge is 0.415 e. The quantitative estimate of drug-likeness (QED) is 0.387. The highest BCUT2D eigenvalue weighted by Gasteiger charge is 2.30. The predicted octanol–water partition coefficient (Wildman–Crippen LogP) is 3.65. The van der Waals surface area contributed by atoms with E-state index in [2.05, 4.69) is 15.4 Å². The summed E-state index contributed by atoms with van der Waals surface area (Å²) in [4.78, 5) is 31.6. The van der Waals surface area contributed by atoms with Crippen LogP contribution in [0.3, 0.4) is 0 Å². The number of nitrogens with two attached hydrogens (primary N) is 1. The highest BCUT2D eigenvalue weighted by Crippen LogP contribution is 2.28. The van der Waals surface area contributed by atoms with Crippen LogP contribution in [0.1, 0.15) is 22.3 Å². The molecule has 0 radical (unpaired) electrons. The molecule has 0 bridgehead atoms. The third-order valence-corrected chi connectivity index (χ3v) is 6.27. The lowest BCUT2D eigenvalue weighted by Crippen LogP contribution is -2.39. The number of amides is 2. The molecule has 0 spiro atoms. The van der Waals surface area contributed by atoms with Gasteiger partial charge in [0.15, 0.2) is 11.5 Å². The minimum absolute atomic E-state index is 0.136. The molecular weight excluding hydrogens is 484 g/mol. The average molecular weight is 513 g/mol. The van der Waals surface area contributed by atoms with Gasteiger partial charge in [0.05, 0.1) is 11.8 Å². The molecule has 2 aromatic carbocycles. The molecule has 38 heavy (non-hydrogen) atoms. The van der Waals surface area contributed by atoms with Crippen LogP contribution in [0.4, 0.5) is 10.6 Å². The van der Waals surface area contributed by atoms with Crippen molar-refractivity contribution in [3.63, 3.8) is 0 Å². The highest BCUT2D eigenvalue weighted by molar-refractivity contribution is 5.99. The fraction of sp³-hybridized carbons (Fsp3) is 0.214. The van der Waals surface area contributed by atoms with Crippen molar-refractivity contribution in [2.24, 2.45) is 7.05 Å². The molecule has 0 unspecified atom stereocenters. The lowest BCUT2D eigenvalue weighted by Gasteiger charge is -2.18. The maximum atomic E-state index is 13.0. The van der Waals surface area contributed by atoms with E-state index in [0.717, 1.165) is 16.7 Å². The zero-order valence-electron chi connectivity index (χ0n) is 20.9. The number of hydrogen-bond donors (Lipinski definition) is 2. The Labute approximate surface area is 220 Å². The summed E-state index contributed by atoms with van der Waals surface area (Å²) < 4.78 is 13.2. The number of hydrogen-bond acceptors (Lipinski definition) is 7. The van der Waals surface area contributed by atoms with Gasteiger partial charge in [0.2, 0.25) is 0 Å². The second-order valence-corrected chi connectivity index (χ2v) is 9.05. The van der Waals surface area contributed by atoms with Gasteiger partial charge in [0.1, 0.15) is 12.4 Å². The number of carbonyl (C=O) groups is 2. The zero-order chi connectivity index (χ0) is 26.5. The Morgan fingerprint density at radius 2 is 1.82 bits per heavy atom. The molecule has 1 aliphatic heterocycles. The molecule has 10 heteroatoms. The maximum absolute atomic E-state index is 13.0. The highest BCUT2D eigenvalue weighted by atomic mass is 16.6. The molecule has 10 nitrogen and oxygen atoms in total. The van der Waals surface area contributed by atoms with E-state index in [1.54, 1.807) is 46.2 Å². The normalized spacial score (nSPS) is 14.8. The molecule has 0 saturated carbocycles. The first-order valence-corrected chi connectivity index (χ1v) is 12.2. The summed E-state index contributed by atoms with van der Waals surface area (Å²) in [6, 6.07) is 18.3. The van der Waals surface area contributed by atoms with Gasteiger partial charge in [0, 0.05) is 49.7 Å². The van der Waals surface area contributed by atoms with Gasteiger partial charge in [-0.25, -0.2) is 9.78 Å². The number of carbonyl (C=O) groups excluding carboxylic acids is 2. The van der Waals surface area contributed by atoms with Crippen LogP contribution in [0.2, 0.25) is 0 Å². The Kier molecular flexibility index (Phi) is 7.21. The molecule has 1 fully saturated rings. The van der Waals surface area contributed by atoms with Gasteiger partial charge in [-0.2, -0.15) is 5.10 Å². The van der Waals surface area contributed by atoms with Crippen LogP contribution in [0.5, 0.6) is 11.5 Å². The van der Waals surface area contributed by atoms with Crippen molar-refractivity contribution in [3.05, 3.63) is 90.4 Å².